The minimum Gasteiger partial charge on any atom is -0.383 e. The van der Waals surface area contributed by atoms with Crippen molar-refractivity contribution in [2.45, 2.75) is 57.7 Å². The first kappa shape index (κ1) is 24.2. The smallest absolute Gasteiger partial charge is 0.318 e. The zero-order chi connectivity index (χ0) is 23.6. The number of hydrogen-bond acceptors (Lipinski definition) is 4. The van der Waals surface area contributed by atoms with E-state index >= 15 is 0 Å². The summed E-state index contributed by atoms with van der Waals surface area (Å²) in [5.41, 5.74) is 0.542. The van der Waals surface area contributed by atoms with E-state index in [0.717, 1.165) is 31.2 Å². The summed E-state index contributed by atoms with van der Waals surface area (Å²) in [6.07, 6.45) is 4.24. The van der Waals surface area contributed by atoms with Gasteiger partial charge in [0.05, 0.1) is 24.7 Å². The predicted molar refractivity (Wildman–Crippen MR) is 123 cm³/mol. The van der Waals surface area contributed by atoms with Crippen molar-refractivity contribution in [3.63, 3.8) is 0 Å². The Morgan fingerprint density at radius 3 is 2.79 bits per heavy atom. The van der Waals surface area contributed by atoms with Gasteiger partial charge in [0, 0.05) is 50.0 Å². The Balaban J connectivity index is 1.43. The summed E-state index contributed by atoms with van der Waals surface area (Å²) in [5.74, 6) is -0.373. The molecule has 4 rings (SSSR count). The Labute approximate surface area is 199 Å². The standard InChI is InChI=1S/C24H33ClFN3O4/c1-16-10-17(21(26)11-20(16)25)12-27-23(31)29(18-5-6-18)19-4-3-8-28(13-19)22(30)24(14-32-2)7-9-33-15-24/h10-11,18-19H,3-9,12-15H2,1-2H3,(H,27,31)/t19-,24?/m1/s1. The molecule has 1 saturated carbocycles. The molecule has 2 atom stereocenters. The number of amides is 3. The van der Waals surface area contributed by atoms with Gasteiger partial charge in [0.15, 0.2) is 0 Å². The molecule has 0 bridgehead atoms. The van der Waals surface area contributed by atoms with E-state index in [-0.39, 0.29) is 30.6 Å². The molecule has 3 amide bonds. The lowest BCUT2D eigenvalue weighted by Gasteiger charge is -2.42. The fourth-order valence-corrected chi connectivity index (χ4v) is 5.18. The highest BCUT2D eigenvalue weighted by Crippen LogP contribution is 2.35. The van der Waals surface area contributed by atoms with Crippen LogP contribution in [0.2, 0.25) is 5.02 Å². The van der Waals surface area contributed by atoms with E-state index in [2.05, 4.69) is 5.32 Å². The topological polar surface area (TPSA) is 71.1 Å². The lowest BCUT2D eigenvalue weighted by Crippen LogP contribution is -2.57. The number of nitrogens with one attached hydrogen (secondary N) is 1. The number of rotatable bonds is 7. The molecule has 0 aromatic heterocycles. The Hall–Kier alpha value is -1.90. The molecule has 1 aromatic rings. The molecule has 1 aliphatic carbocycles. The molecule has 182 valence electrons. The highest BCUT2D eigenvalue weighted by Gasteiger charge is 2.47. The molecular weight excluding hydrogens is 449 g/mol. The van der Waals surface area contributed by atoms with E-state index < -0.39 is 11.2 Å². The number of nitrogens with zero attached hydrogens (tertiary/aromatic N) is 2. The average Bonchev–Trinajstić information content (AvgIpc) is 3.51. The molecule has 3 fully saturated rings. The van der Waals surface area contributed by atoms with E-state index in [0.29, 0.717) is 49.9 Å². The van der Waals surface area contributed by atoms with Gasteiger partial charge in [0.1, 0.15) is 5.82 Å². The number of piperidine rings is 1. The summed E-state index contributed by atoms with van der Waals surface area (Å²) in [6, 6.07) is 2.85. The Kier molecular flexibility index (Phi) is 7.46. The van der Waals surface area contributed by atoms with Crippen molar-refractivity contribution in [3.8, 4) is 0 Å². The lowest BCUT2D eigenvalue weighted by atomic mass is 9.85. The molecule has 2 aliphatic heterocycles. The fourth-order valence-electron chi connectivity index (χ4n) is 5.03. The number of carbonyl (C=O) groups is 2. The number of methoxy groups -OCH3 is 1. The molecule has 9 heteroatoms. The van der Waals surface area contributed by atoms with Crippen LogP contribution < -0.4 is 5.32 Å². The van der Waals surface area contributed by atoms with Crippen LogP contribution in [0.1, 0.15) is 43.2 Å². The number of likely N-dealkylation sites (tertiary alicyclic amines) is 1. The van der Waals surface area contributed by atoms with Crippen molar-refractivity contribution in [3.05, 3.63) is 34.1 Å². The van der Waals surface area contributed by atoms with Crippen LogP contribution in [0.4, 0.5) is 9.18 Å². The van der Waals surface area contributed by atoms with Crippen molar-refractivity contribution in [1.82, 2.24) is 15.1 Å². The summed E-state index contributed by atoms with van der Waals surface area (Å²) in [7, 11) is 1.61. The monoisotopic (exact) mass is 481 g/mol. The number of carbonyl (C=O) groups excluding carboxylic acids is 2. The largest absolute Gasteiger partial charge is 0.383 e. The average molecular weight is 482 g/mol. The van der Waals surface area contributed by atoms with Crippen LogP contribution in [-0.2, 0) is 20.8 Å². The normalized spacial score (nSPS) is 25.2. The number of aryl methyl sites for hydroxylation is 1. The van der Waals surface area contributed by atoms with Crippen LogP contribution in [0, 0.1) is 18.2 Å². The molecule has 1 N–H and O–H groups in total. The third-order valence-electron chi connectivity index (χ3n) is 6.99. The van der Waals surface area contributed by atoms with Gasteiger partial charge in [-0.1, -0.05) is 11.6 Å². The van der Waals surface area contributed by atoms with Crippen LogP contribution in [0.25, 0.3) is 0 Å². The Bertz CT molecular complexity index is 889. The SMILES string of the molecule is COCC1(C(=O)N2CCC[C@@H](N(C(=O)NCc3cc(C)c(Cl)cc3F)C3CC3)C2)CCOC1. The van der Waals surface area contributed by atoms with Crippen molar-refractivity contribution in [2.24, 2.45) is 5.41 Å². The molecule has 0 spiro atoms. The van der Waals surface area contributed by atoms with E-state index in [1.165, 1.54) is 6.07 Å². The summed E-state index contributed by atoms with van der Waals surface area (Å²) in [5, 5.41) is 3.26. The maximum absolute atomic E-state index is 14.3. The van der Waals surface area contributed by atoms with Gasteiger partial charge in [-0.25, -0.2) is 9.18 Å². The van der Waals surface area contributed by atoms with Gasteiger partial charge in [-0.2, -0.15) is 0 Å². The molecule has 33 heavy (non-hydrogen) atoms. The van der Waals surface area contributed by atoms with Crippen molar-refractivity contribution < 1.29 is 23.5 Å². The van der Waals surface area contributed by atoms with Gasteiger partial charge in [-0.05, 0) is 56.7 Å². The Morgan fingerprint density at radius 2 is 2.12 bits per heavy atom. The second kappa shape index (κ2) is 10.2. The van der Waals surface area contributed by atoms with Crippen LogP contribution in [-0.4, -0.2) is 73.8 Å². The van der Waals surface area contributed by atoms with Gasteiger partial charge >= 0.3 is 6.03 Å². The first-order chi connectivity index (χ1) is 15.8. The van der Waals surface area contributed by atoms with Gasteiger partial charge in [0.2, 0.25) is 5.91 Å². The van der Waals surface area contributed by atoms with Crippen molar-refractivity contribution >= 4 is 23.5 Å². The van der Waals surface area contributed by atoms with Crippen LogP contribution in [0.3, 0.4) is 0 Å². The second-order valence-corrected chi connectivity index (χ2v) is 9.96. The maximum atomic E-state index is 14.3. The number of urea groups is 1. The molecular formula is C24H33ClFN3O4. The van der Waals surface area contributed by atoms with Gasteiger partial charge in [-0.15, -0.1) is 0 Å². The highest BCUT2D eigenvalue weighted by molar-refractivity contribution is 6.31. The van der Waals surface area contributed by atoms with E-state index in [1.54, 1.807) is 13.2 Å². The first-order valence-electron chi connectivity index (χ1n) is 11.7. The summed E-state index contributed by atoms with van der Waals surface area (Å²) in [4.78, 5) is 30.4. The zero-order valence-electron chi connectivity index (χ0n) is 19.4. The number of hydrogen-bond donors (Lipinski definition) is 1. The molecule has 1 unspecified atom stereocenters. The summed E-state index contributed by atoms with van der Waals surface area (Å²) in [6.45, 7) is 4.35. The quantitative estimate of drug-likeness (QED) is 0.647. The molecule has 3 aliphatic rings. The zero-order valence-corrected chi connectivity index (χ0v) is 20.1. The molecule has 2 saturated heterocycles. The third kappa shape index (κ3) is 5.28. The molecule has 2 heterocycles. The number of benzene rings is 1. The van der Waals surface area contributed by atoms with E-state index in [4.69, 9.17) is 21.1 Å². The van der Waals surface area contributed by atoms with E-state index in [1.807, 2.05) is 16.7 Å². The van der Waals surface area contributed by atoms with Crippen molar-refractivity contribution in [2.75, 3.05) is 40.0 Å². The predicted octanol–water partition coefficient (Wildman–Crippen LogP) is 3.51. The third-order valence-corrected chi connectivity index (χ3v) is 7.39. The lowest BCUT2D eigenvalue weighted by molar-refractivity contribution is -0.147. The first-order valence-corrected chi connectivity index (χ1v) is 12.1. The molecule has 1 aromatic carbocycles. The fraction of sp³-hybridized carbons (Fsp3) is 0.667. The van der Waals surface area contributed by atoms with Gasteiger partial charge in [-0.3, -0.25) is 4.79 Å². The van der Waals surface area contributed by atoms with Crippen molar-refractivity contribution in [1.29, 1.82) is 0 Å². The van der Waals surface area contributed by atoms with Gasteiger partial charge < -0.3 is 24.6 Å². The molecule has 0 radical (unpaired) electrons. The minimum atomic E-state index is -0.632. The highest BCUT2D eigenvalue weighted by atomic mass is 35.5. The molecule has 7 nitrogen and oxygen atoms in total. The number of ether oxygens (including phenoxy) is 2. The summed E-state index contributed by atoms with van der Waals surface area (Å²) < 4.78 is 25.2. The van der Waals surface area contributed by atoms with Crippen LogP contribution in [0.15, 0.2) is 12.1 Å². The second-order valence-electron chi connectivity index (χ2n) is 9.55. The van der Waals surface area contributed by atoms with Crippen LogP contribution >= 0.6 is 11.6 Å². The minimum absolute atomic E-state index is 0.0569. The van der Waals surface area contributed by atoms with Crippen LogP contribution in [0.5, 0.6) is 0 Å². The number of halogens is 2. The Morgan fingerprint density at radius 1 is 1.33 bits per heavy atom. The van der Waals surface area contributed by atoms with Gasteiger partial charge in [0.25, 0.3) is 0 Å². The summed E-state index contributed by atoms with van der Waals surface area (Å²) >= 11 is 5.98. The maximum Gasteiger partial charge on any atom is 0.318 e. The van der Waals surface area contributed by atoms with E-state index in [9.17, 15) is 14.0 Å².